The van der Waals surface area contributed by atoms with Crippen molar-refractivity contribution in [2.75, 3.05) is 17.7 Å². The summed E-state index contributed by atoms with van der Waals surface area (Å²) in [4.78, 5) is 0. The van der Waals surface area contributed by atoms with Gasteiger partial charge in [0.05, 0.1) is 5.56 Å². The maximum absolute atomic E-state index is 12.3. The minimum absolute atomic E-state index is 0.468. The highest BCUT2D eigenvalue weighted by Crippen LogP contribution is 2.30. The average molecular weight is 238 g/mol. The van der Waals surface area contributed by atoms with Gasteiger partial charge in [0.2, 0.25) is 0 Å². The summed E-state index contributed by atoms with van der Waals surface area (Å²) < 4.78 is 36.9. The summed E-state index contributed by atoms with van der Waals surface area (Å²) in [6.45, 7) is 0.574. The zero-order chi connectivity index (χ0) is 11.3. The van der Waals surface area contributed by atoms with Crippen LogP contribution in [0.15, 0.2) is 24.3 Å². The first-order valence-corrected chi connectivity index (χ1v) is 5.04. The molecule has 0 aliphatic heterocycles. The van der Waals surface area contributed by atoms with Crippen LogP contribution in [0.25, 0.3) is 0 Å². The Bertz CT molecular complexity index is 312. The van der Waals surface area contributed by atoms with Crippen molar-refractivity contribution in [1.82, 2.24) is 0 Å². The molecule has 1 aromatic carbocycles. The highest BCUT2D eigenvalue weighted by atomic mass is 35.5. The molecule has 0 spiro atoms. The van der Waals surface area contributed by atoms with E-state index >= 15 is 0 Å². The van der Waals surface area contributed by atoms with Gasteiger partial charge in [-0.25, -0.2) is 0 Å². The highest BCUT2D eigenvalue weighted by molar-refractivity contribution is 6.17. The van der Waals surface area contributed by atoms with Crippen LogP contribution in [0.1, 0.15) is 12.0 Å². The minimum Gasteiger partial charge on any atom is -0.385 e. The number of nitrogens with one attached hydrogen (secondary N) is 1. The monoisotopic (exact) mass is 237 g/mol. The second kappa shape index (κ2) is 5.26. The fourth-order valence-corrected chi connectivity index (χ4v) is 1.24. The van der Waals surface area contributed by atoms with Crippen LogP contribution < -0.4 is 5.32 Å². The fraction of sp³-hybridized carbons (Fsp3) is 0.400. The number of alkyl halides is 4. The molecule has 0 heterocycles. The normalized spacial score (nSPS) is 11.5. The van der Waals surface area contributed by atoms with E-state index in [-0.39, 0.29) is 0 Å². The molecule has 0 atom stereocenters. The van der Waals surface area contributed by atoms with Crippen molar-refractivity contribution < 1.29 is 13.2 Å². The summed E-state index contributed by atoms with van der Waals surface area (Å²) >= 11 is 5.45. The number of halogens is 4. The first-order chi connectivity index (χ1) is 7.04. The van der Waals surface area contributed by atoms with Crippen LogP contribution in [0.5, 0.6) is 0 Å². The van der Waals surface area contributed by atoms with E-state index < -0.39 is 11.7 Å². The van der Waals surface area contributed by atoms with Gasteiger partial charge in [-0.1, -0.05) is 6.07 Å². The van der Waals surface area contributed by atoms with Crippen LogP contribution in [-0.2, 0) is 6.18 Å². The summed E-state index contributed by atoms with van der Waals surface area (Å²) in [6, 6.07) is 5.12. The molecule has 0 saturated heterocycles. The Labute approximate surface area is 91.2 Å². The molecule has 0 unspecified atom stereocenters. The Hall–Kier alpha value is -0.900. The standard InChI is InChI=1S/C10H11ClF3N/c11-5-2-6-15-9-4-1-3-8(7-9)10(12,13)14/h1,3-4,7,15H,2,5-6H2. The maximum atomic E-state index is 12.3. The predicted octanol–water partition coefficient (Wildman–Crippen LogP) is 3.75. The van der Waals surface area contributed by atoms with Crippen LogP contribution in [-0.4, -0.2) is 12.4 Å². The van der Waals surface area contributed by atoms with Crippen molar-refractivity contribution in [3.8, 4) is 0 Å². The fourth-order valence-electron chi connectivity index (χ4n) is 1.11. The molecule has 15 heavy (non-hydrogen) atoms. The van der Waals surface area contributed by atoms with Gasteiger partial charge in [-0.15, -0.1) is 11.6 Å². The third-order valence-corrected chi connectivity index (χ3v) is 2.10. The third kappa shape index (κ3) is 4.00. The Morgan fingerprint density at radius 2 is 2.00 bits per heavy atom. The molecule has 0 fully saturated rings. The van der Waals surface area contributed by atoms with Gasteiger partial charge in [0.25, 0.3) is 0 Å². The third-order valence-electron chi connectivity index (χ3n) is 1.83. The van der Waals surface area contributed by atoms with Crippen molar-refractivity contribution in [1.29, 1.82) is 0 Å². The van der Waals surface area contributed by atoms with Gasteiger partial charge in [0.15, 0.2) is 0 Å². The van der Waals surface area contributed by atoms with Gasteiger partial charge < -0.3 is 5.32 Å². The SMILES string of the molecule is FC(F)(F)c1cccc(NCCCCl)c1. The smallest absolute Gasteiger partial charge is 0.385 e. The van der Waals surface area contributed by atoms with Crippen molar-refractivity contribution in [2.24, 2.45) is 0 Å². The number of benzene rings is 1. The zero-order valence-electron chi connectivity index (χ0n) is 7.94. The first-order valence-electron chi connectivity index (χ1n) is 4.51. The molecule has 0 amide bonds. The summed E-state index contributed by atoms with van der Waals surface area (Å²) in [6.07, 6.45) is -3.57. The zero-order valence-corrected chi connectivity index (χ0v) is 8.70. The van der Waals surface area contributed by atoms with Crippen molar-refractivity contribution in [3.63, 3.8) is 0 Å². The molecule has 1 rings (SSSR count). The van der Waals surface area contributed by atoms with Gasteiger partial charge >= 0.3 is 6.18 Å². The Morgan fingerprint density at radius 1 is 1.27 bits per heavy atom. The quantitative estimate of drug-likeness (QED) is 0.621. The Morgan fingerprint density at radius 3 is 2.60 bits per heavy atom. The lowest BCUT2D eigenvalue weighted by molar-refractivity contribution is -0.137. The lowest BCUT2D eigenvalue weighted by Crippen LogP contribution is -2.07. The molecular weight excluding hydrogens is 227 g/mol. The summed E-state index contributed by atoms with van der Waals surface area (Å²) in [5, 5.41) is 2.87. The second-order valence-electron chi connectivity index (χ2n) is 3.05. The van der Waals surface area contributed by atoms with E-state index in [2.05, 4.69) is 5.32 Å². The molecule has 0 bridgehead atoms. The predicted molar refractivity (Wildman–Crippen MR) is 55.3 cm³/mol. The average Bonchev–Trinajstić information content (AvgIpc) is 2.17. The molecule has 84 valence electrons. The minimum atomic E-state index is -4.29. The second-order valence-corrected chi connectivity index (χ2v) is 3.43. The highest BCUT2D eigenvalue weighted by Gasteiger charge is 2.30. The van der Waals surface area contributed by atoms with Gasteiger partial charge in [0, 0.05) is 18.1 Å². The van der Waals surface area contributed by atoms with E-state index in [9.17, 15) is 13.2 Å². The van der Waals surface area contributed by atoms with Crippen LogP contribution >= 0.6 is 11.6 Å². The Kier molecular flexibility index (Phi) is 4.27. The largest absolute Gasteiger partial charge is 0.416 e. The molecule has 5 heteroatoms. The lowest BCUT2D eigenvalue weighted by Gasteiger charge is -2.09. The molecule has 0 aliphatic rings. The number of rotatable bonds is 4. The van der Waals surface area contributed by atoms with Crippen LogP contribution in [0.2, 0.25) is 0 Å². The molecule has 0 aliphatic carbocycles. The molecular formula is C10H11ClF3N. The van der Waals surface area contributed by atoms with E-state index in [0.717, 1.165) is 18.6 Å². The van der Waals surface area contributed by atoms with Crippen LogP contribution in [0, 0.1) is 0 Å². The van der Waals surface area contributed by atoms with Crippen molar-refractivity contribution >= 4 is 17.3 Å². The van der Waals surface area contributed by atoms with Gasteiger partial charge in [-0.2, -0.15) is 13.2 Å². The molecule has 1 aromatic rings. The molecule has 0 saturated carbocycles. The molecule has 0 aromatic heterocycles. The molecule has 1 N–H and O–H groups in total. The van der Waals surface area contributed by atoms with Crippen molar-refractivity contribution in [3.05, 3.63) is 29.8 Å². The number of hydrogen-bond acceptors (Lipinski definition) is 1. The molecule has 0 radical (unpaired) electrons. The maximum Gasteiger partial charge on any atom is 0.416 e. The summed E-state index contributed by atoms with van der Waals surface area (Å²) in [5.74, 6) is 0.492. The van der Waals surface area contributed by atoms with Gasteiger partial charge in [0.1, 0.15) is 0 Å². The van der Waals surface area contributed by atoms with E-state index in [4.69, 9.17) is 11.6 Å². The Balaban J connectivity index is 2.66. The number of anilines is 1. The topological polar surface area (TPSA) is 12.0 Å². The van der Waals surface area contributed by atoms with E-state index in [1.165, 1.54) is 6.07 Å². The van der Waals surface area contributed by atoms with Gasteiger partial charge in [-0.05, 0) is 24.6 Å². The first kappa shape index (κ1) is 12.2. The van der Waals surface area contributed by atoms with E-state index in [0.29, 0.717) is 18.1 Å². The van der Waals surface area contributed by atoms with Crippen molar-refractivity contribution in [2.45, 2.75) is 12.6 Å². The summed E-state index contributed by atoms with van der Waals surface area (Å²) in [5.41, 5.74) is -0.173. The van der Waals surface area contributed by atoms with Crippen LogP contribution in [0.4, 0.5) is 18.9 Å². The van der Waals surface area contributed by atoms with E-state index in [1.807, 2.05) is 0 Å². The summed E-state index contributed by atoms with van der Waals surface area (Å²) in [7, 11) is 0. The molecule has 1 nitrogen and oxygen atoms in total. The van der Waals surface area contributed by atoms with Crippen LogP contribution in [0.3, 0.4) is 0 Å². The lowest BCUT2D eigenvalue weighted by atomic mass is 10.2. The van der Waals surface area contributed by atoms with E-state index in [1.54, 1.807) is 6.07 Å². The van der Waals surface area contributed by atoms with Gasteiger partial charge in [-0.3, -0.25) is 0 Å². The number of hydrogen-bond donors (Lipinski definition) is 1.